The van der Waals surface area contributed by atoms with E-state index in [1.807, 2.05) is 0 Å². The fraction of sp³-hybridized carbons (Fsp3) is 0.786. The monoisotopic (exact) mass is 316 g/mol. The van der Waals surface area contributed by atoms with Crippen molar-refractivity contribution >= 4 is 21.9 Å². The predicted octanol–water partition coefficient (Wildman–Crippen LogP) is 3.63. The van der Waals surface area contributed by atoms with Crippen molar-refractivity contribution in [1.82, 2.24) is 0 Å². The molecule has 0 aromatic heterocycles. The van der Waals surface area contributed by atoms with Crippen molar-refractivity contribution in [3.8, 4) is 0 Å². The van der Waals surface area contributed by atoms with Crippen LogP contribution in [0, 0.1) is 17.8 Å². The number of esters is 1. The van der Waals surface area contributed by atoms with E-state index >= 15 is 0 Å². The SMILES string of the molecule is CC(C)[C@@H]1CC[C@@H](C)C[C@H]1O[C@H]1C=C(Br)C(=O)O1. The van der Waals surface area contributed by atoms with E-state index in [2.05, 4.69) is 36.7 Å². The topological polar surface area (TPSA) is 35.5 Å². The van der Waals surface area contributed by atoms with E-state index < -0.39 is 6.29 Å². The molecule has 2 aliphatic rings. The summed E-state index contributed by atoms with van der Waals surface area (Å²) in [5.74, 6) is 1.53. The summed E-state index contributed by atoms with van der Waals surface area (Å²) in [5.41, 5.74) is 0. The molecule has 0 N–H and O–H groups in total. The molecule has 1 aliphatic heterocycles. The lowest BCUT2D eigenvalue weighted by atomic mass is 9.75. The van der Waals surface area contributed by atoms with Crippen molar-refractivity contribution in [3.05, 3.63) is 10.6 Å². The third-order valence-corrected chi connectivity index (χ3v) is 4.56. The molecule has 1 aliphatic carbocycles. The Kier molecular flexibility index (Phi) is 4.49. The van der Waals surface area contributed by atoms with Gasteiger partial charge in [0.05, 0.1) is 6.10 Å². The molecule has 0 aromatic carbocycles. The van der Waals surface area contributed by atoms with Crippen LogP contribution in [-0.2, 0) is 14.3 Å². The number of cyclic esters (lactones) is 1. The highest BCUT2D eigenvalue weighted by atomic mass is 79.9. The van der Waals surface area contributed by atoms with Gasteiger partial charge in [-0.3, -0.25) is 0 Å². The molecular weight excluding hydrogens is 296 g/mol. The molecule has 0 saturated heterocycles. The highest BCUT2D eigenvalue weighted by Gasteiger charge is 2.35. The van der Waals surface area contributed by atoms with Gasteiger partial charge in [0.25, 0.3) is 0 Å². The van der Waals surface area contributed by atoms with Crippen LogP contribution in [0.5, 0.6) is 0 Å². The summed E-state index contributed by atoms with van der Waals surface area (Å²) in [6, 6.07) is 0. The number of ether oxygens (including phenoxy) is 2. The molecule has 0 unspecified atom stereocenters. The molecule has 1 heterocycles. The predicted molar refractivity (Wildman–Crippen MR) is 73.1 cm³/mol. The van der Waals surface area contributed by atoms with Gasteiger partial charge in [-0.1, -0.05) is 27.2 Å². The summed E-state index contributed by atoms with van der Waals surface area (Å²) >= 11 is 3.17. The third-order valence-electron chi connectivity index (χ3n) is 3.97. The second kappa shape index (κ2) is 5.74. The fourth-order valence-corrected chi connectivity index (χ4v) is 3.20. The van der Waals surface area contributed by atoms with Gasteiger partial charge < -0.3 is 9.47 Å². The molecule has 0 aromatic rings. The molecule has 18 heavy (non-hydrogen) atoms. The normalized spacial score (nSPS) is 36.7. The molecule has 2 rings (SSSR count). The molecule has 0 radical (unpaired) electrons. The first kappa shape index (κ1) is 14.1. The number of carbonyl (C=O) groups excluding carboxylic acids is 1. The van der Waals surface area contributed by atoms with Crippen LogP contribution < -0.4 is 0 Å². The van der Waals surface area contributed by atoms with Crippen LogP contribution in [0.25, 0.3) is 0 Å². The van der Waals surface area contributed by atoms with Crippen LogP contribution in [0.3, 0.4) is 0 Å². The maximum absolute atomic E-state index is 11.3. The van der Waals surface area contributed by atoms with Crippen LogP contribution in [0.15, 0.2) is 10.6 Å². The van der Waals surface area contributed by atoms with Crippen molar-refractivity contribution < 1.29 is 14.3 Å². The van der Waals surface area contributed by atoms with Crippen LogP contribution >= 0.6 is 15.9 Å². The first-order valence-electron chi connectivity index (χ1n) is 6.71. The van der Waals surface area contributed by atoms with Gasteiger partial charge in [-0.15, -0.1) is 0 Å². The molecule has 1 saturated carbocycles. The lowest BCUT2D eigenvalue weighted by Crippen LogP contribution is -2.36. The van der Waals surface area contributed by atoms with Crippen LogP contribution in [-0.4, -0.2) is 18.4 Å². The molecule has 4 atom stereocenters. The lowest BCUT2D eigenvalue weighted by molar-refractivity contribution is -0.178. The summed E-state index contributed by atoms with van der Waals surface area (Å²) in [4.78, 5) is 11.3. The molecule has 4 heteroatoms. The Morgan fingerprint density at radius 3 is 2.72 bits per heavy atom. The zero-order valence-electron chi connectivity index (χ0n) is 11.2. The summed E-state index contributed by atoms with van der Waals surface area (Å²) in [6.07, 6.45) is 4.92. The van der Waals surface area contributed by atoms with Gasteiger partial charge in [-0.2, -0.15) is 0 Å². The van der Waals surface area contributed by atoms with E-state index in [0.717, 1.165) is 6.42 Å². The number of hydrogen-bond acceptors (Lipinski definition) is 3. The van der Waals surface area contributed by atoms with Crippen molar-refractivity contribution in [2.24, 2.45) is 17.8 Å². The van der Waals surface area contributed by atoms with E-state index in [0.29, 0.717) is 22.2 Å². The minimum atomic E-state index is -0.511. The number of halogens is 1. The lowest BCUT2D eigenvalue weighted by Gasteiger charge is -2.37. The van der Waals surface area contributed by atoms with E-state index in [4.69, 9.17) is 9.47 Å². The quantitative estimate of drug-likeness (QED) is 0.746. The highest BCUT2D eigenvalue weighted by molar-refractivity contribution is 9.12. The number of rotatable bonds is 3. The standard InChI is InChI=1S/C14H21BrO3/c1-8(2)10-5-4-9(3)6-12(10)17-13-7-11(15)14(16)18-13/h7-10,12-13H,4-6H2,1-3H3/t9-,10+,12-,13-/m1/s1. The molecule has 3 nitrogen and oxygen atoms in total. The summed E-state index contributed by atoms with van der Waals surface area (Å²) < 4.78 is 11.6. The largest absolute Gasteiger partial charge is 0.428 e. The number of carbonyl (C=O) groups is 1. The zero-order chi connectivity index (χ0) is 13.3. The summed E-state index contributed by atoms with van der Waals surface area (Å²) in [7, 11) is 0. The van der Waals surface area contributed by atoms with Gasteiger partial charge in [-0.05, 0) is 46.5 Å². The van der Waals surface area contributed by atoms with Crippen molar-refractivity contribution in [2.45, 2.75) is 52.4 Å². The minimum absolute atomic E-state index is 0.196. The first-order valence-corrected chi connectivity index (χ1v) is 7.50. The maximum Gasteiger partial charge on any atom is 0.347 e. The number of hydrogen-bond donors (Lipinski definition) is 0. The Morgan fingerprint density at radius 1 is 1.44 bits per heavy atom. The third kappa shape index (κ3) is 3.15. The van der Waals surface area contributed by atoms with Crippen LogP contribution in [0.1, 0.15) is 40.0 Å². The smallest absolute Gasteiger partial charge is 0.347 e. The highest BCUT2D eigenvalue weighted by Crippen LogP contribution is 2.36. The molecule has 0 spiro atoms. The molecule has 0 amide bonds. The Balaban J connectivity index is 1.99. The molecular formula is C14H21BrO3. The zero-order valence-corrected chi connectivity index (χ0v) is 12.8. The van der Waals surface area contributed by atoms with Gasteiger partial charge in [0, 0.05) is 6.08 Å². The van der Waals surface area contributed by atoms with E-state index in [9.17, 15) is 4.79 Å². The van der Waals surface area contributed by atoms with E-state index in [1.165, 1.54) is 12.8 Å². The Hall–Kier alpha value is -0.350. The average molecular weight is 317 g/mol. The molecule has 1 fully saturated rings. The van der Waals surface area contributed by atoms with Crippen molar-refractivity contribution in [3.63, 3.8) is 0 Å². The van der Waals surface area contributed by atoms with Crippen molar-refractivity contribution in [1.29, 1.82) is 0 Å². The second-order valence-electron chi connectivity index (χ2n) is 5.79. The van der Waals surface area contributed by atoms with Crippen molar-refractivity contribution in [2.75, 3.05) is 0 Å². The van der Waals surface area contributed by atoms with Gasteiger partial charge in [-0.25, -0.2) is 4.79 Å². The maximum atomic E-state index is 11.3. The van der Waals surface area contributed by atoms with Gasteiger partial charge in [0.1, 0.15) is 4.48 Å². The van der Waals surface area contributed by atoms with Crippen LogP contribution in [0.2, 0.25) is 0 Å². The first-order chi connectivity index (χ1) is 8.47. The Morgan fingerprint density at radius 2 is 2.17 bits per heavy atom. The summed E-state index contributed by atoms with van der Waals surface area (Å²) in [6.45, 7) is 6.74. The Labute approximate surface area is 117 Å². The minimum Gasteiger partial charge on any atom is -0.428 e. The van der Waals surface area contributed by atoms with Gasteiger partial charge in [0.2, 0.25) is 6.29 Å². The average Bonchev–Trinajstić information content (AvgIpc) is 2.57. The van der Waals surface area contributed by atoms with Gasteiger partial charge >= 0.3 is 5.97 Å². The van der Waals surface area contributed by atoms with Crippen LogP contribution in [0.4, 0.5) is 0 Å². The molecule has 102 valence electrons. The van der Waals surface area contributed by atoms with E-state index in [-0.39, 0.29) is 12.1 Å². The molecule has 0 bridgehead atoms. The second-order valence-corrected chi connectivity index (χ2v) is 6.64. The van der Waals surface area contributed by atoms with E-state index in [1.54, 1.807) is 6.08 Å². The van der Waals surface area contributed by atoms with Gasteiger partial charge in [0.15, 0.2) is 0 Å². The summed E-state index contributed by atoms with van der Waals surface area (Å²) in [5, 5.41) is 0. The fourth-order valence-electron chi connectivity index (χ4n) is 2.89. The Bertz CT molecular complexity index is 351.